The summed E-state index contributed by atoms with van der Waals surface area (Å²) in [6.45, 7) is 3.68. The lowest BCUT2D eigenvalue weighted by atomic mass is 9.99. The van der Waals surface area contributed by atoms with E-state index in [0.29, 0.717) is 11.3 Å². The Labute approximate surface area is 92.8 Å². The van der Waals surface area contributed by atoms with E-state index < -0.39 is 18.0 Å². The summed E-state index contributed by atoms with van der Waals surface area (Å²) in [6.07, 6.45) is -0.760. The van der Waals surface area contributed by atoms with Gasteiger partial charge in [-0.1, -0.05) is 13.8 Å². The number of ether oxygens (including phenoxy) is 1. The fraction of sp³-hybridized carbons (Fsp3) is 0.455. The van der Waals surface area contributed by atoms with E-state index >= 15 is 0 Å². The largest absolute Gasteiger partial charge is 0.452 e. The first kappa shape index (κ1) is 11.1. The fourth-order valence-corrected chi connectivity index (χ4v) is 1.94. The Morgan fingerprint density at radius 3 is 2.56 bits per heavy atom. The number of halogens is 2. The van der Waals surface area contributed by atoms with Gasteiger partial charge in [0.1, 0.15) is 5.82 Å². The van der Waals surface area contributed by atoms with Crippen LogP contribution in [0.3, 0.4) is 0 Å². The molecule has 5 heteroatoms. The third-order valence-electron chi connectivity index (χ3n) is 2.75. The maximum absolute atomic E-state index is 13.7. The van der Waals surface area contributed by atoms with Crippen LogP contribution in [-0.2, 0) is 0 Å². The summed E-state index contributed by atoms with van der Waals surface area (Å²) in [5.41, 5.74) is 6.48. The Morgan fingerprint density at radius 2 is 2.00 bits per heavy atom. The highest BCUT2D eigenvalue weighted by atomic mass is 19.1. The predicted octanol–water partition coefficient (Wildman–Crippen LogP) is 2.16. The van der Waals surface area contributed by atoms with Crippen molar-refractivity contribution in [2.75, 3.05) is 11.9 Å². The van der Waals surface area contributed by atoms with Gasteiger partial charge in [-0.05, 0) is 5.92 Å². The van der Waals surface area contributed by atoms with E-state index in [4.69, 9.17) is 10.5 Å². The van der Waals surface area contributed by atoms with Crippen LogP contribution in [0.1, 0.15) is 25.3 Å². The summed E-state index contributed by atoms with van der Waals surface area (Å²) in [5, 5.41) is 0. The molecule has 3 nitrogen and oxygen atoms in total. The van der Waals surface area contributed by atoms with Crippen LogP contribution in [0.25, 0.3) is 0 Å². The number of hydrogen-bond acceptors (Lipinski definition) is 3. The number of nitrogens with two attached hydrogens (primary N) is 1. The lowest BCUT2D eigenvalue weighted by Gasteiger charge is -2.19. The fourth-order valence-electron chi connectivity index (χ4n) is 1.94. The summed E-state index contributed by atoms with van der Waals surface area (Å²) in [4.78, 5) is 1.54. The number of benzene rings is 1. The van der Waals surface area contributed by atoms with E-state index in [9.17, 15) is 8.78 Å². The lowest BCUT2D eigenvalue weighted by Crippen LogP contribution is -2.39. The van der Waals surface area contributed by atoms with Gasteiger partial charge in [-0.3, -0.25) is 5.73 Å². The second-order valence-electron chi connectivity index (χ2n) is 4.21. The molecule has 0 fully saturated rings. The van der Waals surface area contributed by atoms with Crippen molar-refractivity contribution < 1.29 is 13.5 Å². The molecule has 16 heavy (non-hydrogen) atoms. The zero-order chi connectivity index (χ0) is 12.0. The van der Waals surface area contributed by atoms with Crippen molar-refractivity contribution in [3.05, 3.63) is 23.3 Å². The molecule has 1 aliphatic heterocycles. The minimum absolute atomic E-state index is 0.0418. The van der Waals surface area contributed by atoms with Crippen molar-refractivity contribution in [3.8, 4) is 5.75 Å². The minimum atomic E-state index is -0.760. The van der Waals surface area contributed by atoms with Gasteiger partial charge < -0.3 is 9.64 Å². The maximum atomic E-state index is 13.7. The van der Waals surface area contributed by atoms with E-state index in [-0.39, 0.29) is 11.7 Å². The second kappa shape index (κ2) is 3.59. The zero-order valence-corrected chi connectivity index (χ0v) is 9.42. The molecule has 0 radical (unpaired) electrons. The van der Waals surface area contributed by atoms with Crippen LogP contribution in [0.2, 0.25) is 0 Å². The van der Waals surface area contributed by atoms with Gasteiger partial charge in [-0.15, -0.1) is 0 Å². The average molecular weight is 228 g/mol. The van der Waals surface area contributed by atoms with Gasteiger partial charge in [0.15, 0.2) is 11.6 Å². The lowest BCUT2D eigenvalue weighted by molar-refractivity contribution is 0.229. The summed E-state index contributed by atoms with van der Waals surface area (Å²) >= 11 is 0. The van der Waals surface area contributed by atoms with Gasteiger partial charge >= 0.3 is 0 Å². The van der Waals surface area contributed by atoms with Gasteiger partial charge in [0.2, 0.25) is 6.35 Å². The number of anilines is 1. The topological polar surface area (TPSA) is 38.5 Å². The number of hydrogen-bond donors (Lipinski definition) is 1. The van der Waals surface area contributed by atoms with E-state index in [1.165, 1.54) is 4.90 Å². The second-order valence-corrected chi connectivity index (χ2v) is 4.21. The maximum Gasteiger partial charge on any atom is 0.227 e. The normalized spacial score (nSPS) is 18.9. The van der Waals surface area contributed by atoms with Crippen LogP contribution < -0.4 is 15.4 Å². The molecule has 0 aliphatic carbocycles. The molecule has 1 unspecified atom stereocenters. The highest BCUT2D eigenvalue weighted by Gasteiger charge is 2.33. The highest BCUT2D eigenvalue weighted by Crippen LogP contribution is 2.44. The molecule has 1 atom stereocenters. The standard InChI is InChI=1S/C11H14F2N2O/c1-5(2)8-6(12)4-7(13)10-9(8)15(3)11(14)16-10/h4-5,11H,14H2,1-3H3. The van der Waals surface area contributed by atoms with Crippen molar-refractivity contribution in [2.45, 2.75) is 26.1 Å². The molecule has 2 N–H and O–H groups in total. The molecular weight excluding hydrogens is 214 g/mol. The summed E-state index contributed by atoms with van der Waals surface area (Å²) < 4.78 is 32.3. The Kier molecular flexibility index (Phi) is 2.50. The summed E-state index contributed by atoms with van der Waals surface area (Å²) in [5.74, 6) is -1.29. The van der Waals surface area contributed by atoms with Gasteiger partial charge in [0, 0.05) is 18.7 Å². The third kappa shape index (κ3) is 1.43. The van der Waals surface area contributed by atoms with Gasteiger partial charge in [-0.2, -0.15) is 0 Å². The van der Waals surface area contributed by atoms with Gasteiger partial charge in [0.05, 0.1) is 5.69 Å². The first-order chi connectivity index (χ1) is 7.43. The summed E-state index contributed by atoms with van der Waals surface area (Å²) in [6, 6.07) is 0.847. The van der Waals surface area contributed by atoms with Crippen LogP contribution in [0.5, 0.6) is 5.75 Å². The molecular formula is C11H14F2N2O. The van der Waals surface area contributed by atoms with Crippen LogP contribution in [0, 0.1) is 11.6 Å². The van der Waals surface area contributed by atoms with Crippen molar-refractivity contribution in [1.29, 1.82) is 0 Å². The van der Waals surface area contributed by atoms with Crippen molar-refractivity contribution in [2.24, 2.45) is 5.73 Å². The van der Waals surface area contributed by atoms with Crippen LogP contribution in [-0.4, -0.2) is 13.4 Å². The van der Waals surface area contributed by atoms with Gasteiger partial charge in [0.25, 0.3) is 0 Å². The Bertz CT molecular complexity index is 434. The molecule has 1 aliphatic rings. The van der Waals surface area contributed by atoms with E-state index in [2.05, 4.69) is 0 Å². The summed E-state index contributed by atoms with van der Waals surface area (Å²) in [7, 11) is 1.65. The van der Waals surface area contributed by atoms with Gasteiger partial charge in [-0.25, -0.2) is 8.78 Å². The molecule has 0 spiro atoms. The van der Waals surface area contributed by atoms with E-state index in [1.807, 2.05) is 13.8 Å². The zero-order valence-electron chi connectivity index (χ0n) is 9.42. The Hall–Kier alpha value is -1.36. The molecule has 1 aromatic rings. The average Bonchev–Trinajstić information content (AvgIpc) is 2.45. The number of nitrogens with zero attached hydrogens (tertiary/aromatic N) is 1. The predicted molar refractivity (Wildman–Crippen MR) is 57.5 cm³/mol. The first-order valence-electron chi connectivity index (χ1n) is 5.10. The Balaban J connectivity index is 2.69. The minimum Gasteiger partial charge on any atom is -0.452 e. The molecule has 0 saturated heterocycles. The van der Waals surface area contributed by atoms with Crippen molar-refractivity contribution in [3.63, 3.8) is 0 Å². The first-order valence-corrected chi connectivity index (χ1v) is 5.10. The molecule has 1 heterocycles. The smallest absolute Gasteiger partial charge is 0.227 e. The monoisotopic (exact) mass is 228 g/mol. The molecule has 0 bridgehead atoms. The van der Waals surface area contributed by atoms with E-state index in [0.717, 1.165) is 6.07 Å². The number of rotatable bonds is 1. The number of fused-ring (bicyclic) bond motifs is 1. The third-order valence-corrected chi connectivity index (χ3v) is 2.75. The Morgan fingerprint density at radius 1 is 1.38 bits per heavy atom. The van der Waals surface area contributed by atoms with Crippen LogP contribution in [0.15, 0.2) is 6.07 Å². The molecule has 0 amide bonds. The van der Waals surface area contributed by atoms with Crippen molar-refractivity contribution in [1.82, 2.24) is 0 Å². The molecule has 88 valence electrons. The highest BCUT2D eigenvalue weighted by molar-refractivity contribution is 5.68. The molecule has 0 saturated carbocycles. The quantitative estimate of drug-likeness (QED) is 0.800. The van der Waals surface area contributed by atoms with Crippen LogP contribution >= 0.6 is 0 Å². The molecule has 1 aromatic carbocycles. The molecule has 2 rings (SSSR count). The van der Waals surface area contributed by atoms with Crippen molar-refractivity contribution >= 4 is 5.69 Å². The molecule has 0 aromatic heterocycles. The SMILES string of the molecule is CC(C)c1c(F)cc(F)c2c1N(C)C(N)O2. The van der Waals surface area contributed by atoms with E-state index in [1.54, 1.807) is 7.05 Å². The van der Waals surface area contributed by atoms with Crippen LogP contribution in [0.4, 0.5) is 14.5 Å².